The van der Waals surface area contributed by atoms with Gasteiger partial charge in [0.15, 0.2) is 0 Å². The van der Waals surface area contributed by atoms with Crippen LogP contribution in [0.4, 0.5) is 29.3 Å². The predicted octanol–water partition coefficient (Wildman–Crippen LogP) is 5.44. The van der Waals surface area contributed by atoms with Crippen molar-refractivity contribution in [2.24, 2.45) is 0 Å². The average molecular weight is 593 g/mol. The Labute approximate surface area is 247 Å². The van der Waals surface area contributed by atoms with E-state index in [1.165, 1.54) is 19.1 Å². The third-order valence-corrected chi connectivity index (χ3v) is 7.72. The highest BCUT2D eigenvalue weighted by atomic mass is 19.4. The number of imide groups is 1. The maximum atomic E-state index is 13.4. The van der Waals surface area contributed by atoms with Crippen LogP contribution in [0.2, 0.25) is 0 Å². The summed E-state index contributed by atoms with van der Waals surface area (Å²) in [6.07, 6.45) is -1.17. The molecule has 2 heterocycles. The zero-order valence-corrected chi connectivity index (χ0v) is 23.7. The van der Waals surface area contributed by atoms with Crippen molar-refractivity contribution >= 4 is 29.2 Å². The van der Waals surface area contributed by atoms with Crippen molar-refractivity contribution < 1.29 is 27.6 Å². The topological polar surface area (TPSA) is 121 Å². The number of halogens is 3. The Balaban J connectivity index is 1.19. The Morgan fingerprint density at radius 2 is 1.58 bits per heavy atom. The third kappa shape index (κ3) is 7.22. The second-order valence-corrected chi connectivity index (χ2v) is 10.5. The second kappa shape index (κ2) is 13.5. The van der Waals surface area contributed by atoms with Gasteiger partial charge in [-0.1, -0.05) is 25.0 Å². The van der Waals surface area contributed by atoms with Gasteiger partial charge in [-0.25, -0.2) is 9.69 Å². The van der Waals surface area contributed by atoms with Crippen LogP contribution >= 0.6 is 0 Å². The summed E-state index contributed by atoms with van der Waals surface area (Å²) in [5.74, 6) is -1.28. The van der Waals surface area contributed by atoms with E-state index in [9.17, 15) is 32.8 Å². The van der Waals surface area contributed by atoms with Gasteiger partial charge in [0.25, 0.3) is 11.8 Å². The number of hydrogen-bond acceptors (Lipinski definition) is 6. The van der Waals surface area contributed by atoms with Crippen LogP contribution in [0, 0.1) is 22.7 Å². The van der Waals surface area contributed by atoms with Gasteiger partial charge >= 0.3 is 12.2 Å². The second-order valence-electron chi connectivity index (χ2n) is 10.5. The van der Waals surface area contributed by atoms with E-state index in [0.29, 0.717) is 48.8 Å². The minimum atomic E-state index is -4.80. The Kier molecular flexibility index (Phi) is 9.84. The first-order valence-corrected chi connectivity index (χ1v) is 14.0. The summed E-state index contributed by atoms with van der Waals surface area (Å²) in [4.78, 5) is 43.2. The number of piperazine rings is 1. The standard InChI is InChI=1S/C31H31F3N6O3/c1-21-25(29(42)40(28(21)41)24-12-11-22(19-35)26(18-24)31(32,33)34)9-4-2-3-7-13-38-14-16-39(17-15-38)30(43)37-27-10-6-5-8-23(27)20-36/h5-6,8,10-12,18H,2-4,7,9,13-17H2,1H3,(H,37,43). The van der Waals surface area contributed by atoms with E-state index in [2.05, 4.69) is 16.3 Å². The Morgan fingerprint density at radius 1 is 0.907 bits per heavy atom. The maximum absolute atomic E-state index is 13.4. The predicted molar refractivity (Wildman–Crippen MR) is 153 cm³/mol. The van der Waals surface area contributed by atoms with E-state index in [4.69, 9.17) is 5.26 Å². The highest BCUT2D eigenvalue weighted by Crippen LogP contribution is 2.37. The van der Waals surface area contributed by atoms with E-state index < -0.39 is 29.1 Å². The van der Waals surface area contributed by atoms with Gasteiger partial charge < -0.3 is 10.2 Å². The van der Waals surface area contributed by atoms with Crippen molar-refractivity contribution in [3.05, 3.63) is 70.3 Å². The third-order valence-electron chi connectivity index (χ3n) is 7.72. The first kappa shape index (κ1) is 31.3. The number of unbranched alkanes of at least 4 members (excludes halogenated alkanes) is 3. The zero-order chi connectivity index (χ0) is 31.1. The summed E-state index contributed by atoms with van der Waals surface area (Å²) in [5, 5.41) is 21.0. The molecule has 4 amide bonds. The van der Waals surface area contributed by atoms with Crippen LogP contribution in [-0.2, 0) is 15.8 Å². The highest BCUT2D eigenvalue weighted by Gasteiger charge is 2.39. The molecule has 224 valence electrons. The van der Waals surface area contributed by atoms with Gasteiger partial charge in [-0.2, -0.15) is 23.7 Å². The van der Waals surface area contributed by atoms with Crippen molar-refractivity contribution in [2.45, 2.75) is 45.2 Å². The number of hydrogen-bond donors (Lipinski definition) is 1. The fourth-order valence-electron chi connectivity index (χ4n) is 5.27. The number of alkyl halides is 3. The molecule has 2 aromatic carbocycles. The van der Waals surface area contributed by atoms with Crippen molar-refractivity contribution in [1.29, 1.82) is 10.5 Å². The van der Waals surface area contributed by atoms with Crippen LogP contribution in [0.3, 0.4) is 0 Å². The van der Waals surface area contributed by atoms with Gasteiger partial charge in [-0.3, -0.25) is 14.5 Å². The molecule has 12 heteroatoms. The van der Waals surface area contributed by atoms with E-state index >= 15 is 0 Å². The lowest BCUT2D eigenvalue weighted by Crippen LogP contribution is -2.50. The summed E-state index contributed by atoms with van der Waals surface area (Å²) >= 11 is 0. The van der Waals surface area contributed by atoms with E-state index in [1.54, 1.807) is 29.2 Å². The number of rotatable bonds is 9. The van der Waals surface area contributed by atoms with Crippen molar-refractivity contribution in [2.75, 3.05) is 42.9 Å². The number of para-hydroxylation sites is 1. The highest BCUT2D eigenvalue weighted by molar-refractivity contribution is 6.32. The van der Waals surface area contributed by atoms with Gasteiger partial charge in [0.2, 0.25) is 0 Å². The first-order chi connectivity index (χ1) is 20.5. The smallest absolute Gasteiger partial charge is 0.322 e. The summed E-state index contributed by atoms with van der Waals surface area (Å²) in [7, 11) is 0. The van der Waals surface area contributed by atoms with E-state index in [1.807, 2.05) is 0 Å². The molecule has 1 fully saturated rings. The van der Waals surface area contributed by atoms with Crippen molar-refractivity contribution in [3.63, 3.8) is 0 Å². The lowest BCUT2D eigenvalue weighted by Gasteiger charge is -2.34. The Morgan fingerprint density at radius 3 is 2.26 bits per heavy atom. The molecule has 9 nitrogen and oxygen atoms in total. The Bertz CT molecular complexity index is 1510. The van der Waals surface area contributed by atoms with Gasteiger partial charge in [0.1, 0.15) is 6.07 Å². The first-order valence-electron chi connectivity index (χ1n) is 14.0. The molecule has 0 bridgehead atoms. The van der Waals surface area contributed by atoms with E-state index in [0.717, 1.165) is 49.9 Å². The number of urea groups is 1. The minimum Gasteiger partial charge on any atom is -0.322 e. The number of amides is 4. The maximum Gasteiger partial charge on any atom is 0.417 e. The summed E-state index contributed by atoms with van der Waals surface area (Å²) in [5.41, 5.74) is -0.551. The van der Waals surface area contributed by atoms with Gasteiger partial charge in [0.05, 0.1) is 34.1 Å². The lowest BCUT2D eigenvalue weighted by atomic mass is 10.0. The number of nitrogens with one attached hydrogen (secondary N) is 1. The fourth-order valence-corrected chi connectivity index (χ4v) is 5.27. The molecule has 0 atom stereocenters. The summed E-state index contributed by atoms with van der Waals surface area (Å²) in [6.45, 7) is 4.98. The van der Waals surface area contributed by atoms with Crippen LogP contribution in [0.15, 0.2) is 53.6 Å². The van der Waals surface area contributed by atoms with Crippen LogP contribution in [0.5, 0.6) is 0 Å². The molecular weight excluding hydrogens is 561 g/mol. The molecular formula is C31H31F3N6O3. The van der Waals surface area contributed by atoms with Crippen LogP contribution in [0.1, 0.15) is 55.7 Å². The molecule has 0 radical (unpaired) electrons. The van der Waals surface area contributed by atoms with Crippen molar-refractivity contribution in [1.82, 2.24) is 9.80 Å². The monoisotopic (exact) mass is 592 g/mol. The number of carbonyl (C=O) groups is 3. The lowest BCUT2D eigenvalue weighted by molar-refractivity contribution is -0.138. The Hall–Kier alpha value is -4.68. The number of benzene rings is 2. The van der Waals surface area contributed by atoms with Crippen LogP contribution < -0.4 is 10.2 Å². The molecule has 43 heavy (non-hydrogen) atoms. The quantitative estimate of drug-likeness (QED) is 0.306. The van der Waals surface area contributed by atoms with Gasteiger partial charge in [-0.05, 0) is 63.1 Å². The zero-order valence-electron chi connectivity index (χ0n) is 23.7. The summed E-state index contributed by atoms with van der Waals surface area (Å²) < 4.78 is 40.2. The van der Waals surface area contributed by atoms with Gasteiger partial charge in [0, 0.05) is 37.3 Å². The van der Waals surface area contributed by atoms with Gasteiger partial charge in [-0.15, -0.1) is 0 Å². The molecule has 0 saturated carbocycles. The molecule has 4 rings (SSSR count). The van der Waals surface area contributed by atoms with Crippen LogP contribution in [-0.4, -0.2) is 60.4 Å². The fraction of sp³-hybridized carbons (Fsp3) is 0.387. The summed E-state index contributed by atoms with van der Waals surface area (Å²) in [6, 6.07) is 13.0. The molecule has 0 aromatic heterocycles. The normalized spacial score (nSPS) is 16.0. The molecule has 0 spiro atoms. The molecule has 0 unspecified atom stereocenters. The number of carbonyl (C=O) groups excluding carboxylic acids is 3. The number of nitriles is 2. The van der Waals surface area contributed by atoms with Crippen LogP contribution in [0.25, 0.3) is 0 Å². The van der Waals surface area contributed by atoms with Crippen molar-refractivity contribution in [3.8, 4) is 12.1 Å². The van der Waals surface area contributed by atoms with E-state index in [-0.39, 0.29) is 17.3 Å². The average Bonchev–Trinajstić information content (AvgIpc) is 3.21. The SMILES string of the molecule is CC1=C(CCCCCCN2CCN(C(=O)Nc3ccccc3C#N)CC2)C(=O)N(c2ccc(C#N)c(C(F)(F)F)c2)C1=O. The number of nitrogens with zero attached hydrogens (tertiary/aromatic N) is 5. The molecule has 0 aliphatic carbocycles. The molecule has 2 aliphatic rings. The molecule has 2 aliphatic heterocycles. The molecule has 2 aromatic rings. The largest absolute Gasteiger partial charge is 0.417 e. The number of anilines is 2. The molecule has 1 saturated heterocycles. The minimum absolute atomic E-state index is 0.208. The molecule has 1 N–H and O–H groups in total.